The summed E-state index contributed by atoms with van der Waals surface area (Å²) in [5.41, 5.74) is 2.03. The molecule has 2 aromatic heterocycles. The SMILES string of the molecule is O=C(Nc1cccc(-c2noc(-c3cccc(F)c3)n2)c1)c1ccccn1. The van der Waals surface area contributed by atoms with E-state index >= 15 is 0 Å². The molecule has 1 N–H and O–H groups in total. The second kappa shape index (κ2) is 7.17. The first kappa shape index (κ1) is 16.6. The summed E-state index contributed by atoms with van der Waals surface area (Å²) in [6.07, 6.45) is 1.55. The number of carbonyl (C=O) groups is 1. The Balaban J connectivity index is 1.57. The van der Waals surface area contributed by atoms with Crippen molar-refractivity contribution in [2.45, 2.75) is 0 Å². The summed E-state index contributed by atoms with van der Waals surface area (Å²) < 4.78 is 18.6. The molecule has 0 unspecified atom stereocenters. The minimum atomic E-state index is -0.383. The first-order valence-corrected chi connectivity index (χ1v) is 8.11. The summed E-state index contributed by atoms with van der Waals surface area (Å²) in [6.45, 7) is 0. The van der Waals surface area contributed by atoms with Crippen LogP contribution in [0.1, 0.15) is 10.5 Å². The van der Waals surface area contributed by atoms with E-state index in [4.69, 9.17) is 4.52 Å². The molecular weight excluding hydrogens is 347 g/mol. The average Bonchev–Trinajstić information content (AvgIpc) is 3.19. The number of halogens is 1. The molecule has 0 bridgehead atoms. The zero-order valence-electron chi connectivity index (χ0n) is 14.0. The van der Waals surface area contributed by atoms with Crippen LogP contribution in [0.15, 0.2) is 77.4 Å². The second-order valence-corrected chi connectivity index (χ2v) is 5.68. The van der Waals surface area contributed by atoms with E-state index in [0.29, 0.717) is 28.3 Å². The highest BCUT2D eigenvalue weighted by atomic mass is 19.1. The lowest BCUT2D eigenvalue weighted by molar-refractivity contribution is 0.102. The van der Waals surface area contributed by atoms with Gasteiger partial charge in [-0.15, -0.1) is 0 Å². The van der Waals surface area contributed by atoms with Crippen molar-refractivity contribution in [3.63, 3.8) is 0 Å². The van der Waals surface area contributed by atoms with Crippen LogP contribution in [0.4, 0.5) is 10.1 Å². The molecule has 0 fully saturated rings. The maximum absolute atomic E-state index is 13.4. The molecule has 0 spiro atoms. The molecule has 132 valence electrons. The van der Waals surface area contributed by atoms with Crippen molar-refractivity contribution in [2.75, 3.05) is 5.32 Å². The number of rotatable bonds is 4. The van der Waals surface area contributed by atoms with Crippen molar-refractivity contribution in [3.8, 4) is 22.8 Å². The van der Waals surface area contributed by atoms with Gasteiger partial charge in [0.05, 0.1) is 0 Å². The molecule has 4 rings (SSSR count). The van der Waals surface area contributed by atoms with E-state index in [0.717, 1.165) is 0 Å². The largest absolute Gasteiger partial charge is 0.334 e. The number of nitrogens with one attached hydrogen (secondary N) is 1. The summed E-state index contributed by atoms with van der Waals surface area (Å²) >= 11 is 0. The van der Waals surface area contributed by atoms with Gasteiger partial charge in [-0.1, -0.05) is 29.4 Å². The molecule has 0 aliphatic rings. The normalized spacial score (nSPS) is 10.6. The van der Waals surface area contributed by atoms with E-state index in [1.807, 2.05) is 0 Å². The smallest absolute Gasteiger partial charge is 0.274 e. The Morgan fingerprint density at radius 3 is 2.63 bits per heavy atom. The zero-order chi connectivity index (χ0) is 18.6. The fourth-order valence-corrected chi connectivity index (χ4v) is 2.51. The number of benzene rings is 2. The monoisotopic (exact) mass is 360 g/mol. The molecule has 2 heterocycles. The molecule has 0 saturated carbocycles. The number of anilines is 1. The van der Waals surface area contributed by atoms with Crippen LogP contribution >= 0.6 is 0 Å². The third kappa shape index (κ3) is 3.72. The molecule has 0 saturated heterocycles. The van der Waals surface area contributed by atoms with Crippen molar-refractivity contribution < 1.29 is 13.7 Å². The number of amides is 1. The maximum Gasteiger partial charge on any atom is 0.274 e. The third-order valence-corrected chi connectivity index (χ3v) is 3.77. The Bertz CT molecular complexity index is 1100. The molecule has 27 heavy (non-hydrogen) atoms. The van der Waals surface area contributed by atoms with Gasteiger partial charge >= 0.3 is 0 Å². The number of carbonyl (C=O) groups excluding carboxylic acids is 1. The lowest BCUT2D eigenvalue weighted by atomic mass is 10.2. The van der Waals surface area contributed by atoms with Crippen molar-refractivity contribution >= 4 is 11.6 Å². The van der Waals surface area contributed by atoms with Gasteiger partial charge in [0.2, 0.25) is 5.82 Å². The average molecular weight is 360 g/mol. The fourth-order valence-electron chi connectivity index (χ4n) is 2.51. The molecular formula is C20H13FN4O2. The van der Waals surface area contributed by atoms with E-state index in [2.05, 4.69) is 20.4 Å². The number of hydrogen-bond acceptors (Lipinski definition) is 5. The lowest BCUT2D eigenvalue weighted by Gasteiger charge is -2.05. The molecule has 1 amide bonds. The van der Waals surface area contributed by atoms with Crippen molar-refractivity contribution in [1.82, 2.24) is 15.1 Å². The first-order valence-electron chi connectivity index (χ1n) is 8.11. The minimum Gasteiger partial charge on any atom is -0.334 e. The topological polar surface area (TPSA) is 80.9 Å². The predicted molar refractivity (Wildman–Crippen MR) is 97.3 cm³/mol. The lowest BCUT2D eigenvalue weighted by Crippen LogP contribution is -2.13. The molecule has 2 aromatic carbocycles. The van der Waals surface area contributed by atoms with Gasteiger partial charge in [0.1, 0.15) is 11.5 Å². The summed E-state index contributed by atoms with van der Waals surface area (Å²) in [5.74, 6) is -0.150. The quantitative estimate of drug-likeness (QED) is 0.590. The highest BCUT2D eigenvalue weighted by molar-refractivity contribution is 6.03. The first-order chi connectivity index (χ1) is 13.2. The van der Waals surface area contributed by atoms with Gasteiger partial charge in [-0.3, -0.25) is 9.78 Å². The highest BCUT2D eigenvalue weighted by Gasteiger charge is 2.13. The van der Waals surface area contributed by atoms with E-state index < -0.39 is 0 Å². The van der Waals surface area contributed by atoms with Crippen molar-refractivity contribution in [3.05, 3.63) is 84.4 Å². The van der Waals surface area contributed by atoms with Gasteiger partial charge in [0.25, 0.3) is 11.8 Å². The summed E-state index contributed by atoms with van der Waals surface area (Å²) in [5, 5.41) is 6.71. The van der Waals surface area contributed by atoms with Crippen LogP contribution in [-0.4, -0.2) is 21.0 Å². The number of pyridine rings is 1. The van der Waals surface area contributed by atoms with Crippen LogP contribution in [0.5, 0.6) is 0 Å². The Morgan fingerprint density at radius 2 is 1.81 bits per heavy atom. The van der Waals surface area contributed by atoms with Crippen LogP contribution in [-0.2, 0) is 0 Å². The van der Waals surface area contributed by atoms with Crippen LogP contribution < -0.4 is 5.32 Å². The van der Waals surface area contributed by atoms with Gasteiger partial charge < -0.3 is 9.84 Å². The maximum atomic E-state index is 13.4. The highest BCUT2D eigenvalue weighted by Crippen LogP contribution is 2.24. The Hall–Kier alpha value is -3.87. The van der Waals surface area contributed by atoms with Crippen LogP contribution in [0.3, 0.4) is 0 Å². The Labute approximate surface area is 153 Å². The number of aromatic nitrogens is 3. The van der Waals surface area contributed by atoms with Gasteiger partial charge in [0.15, 0.2) is 0 Å². The molecule has 0 radical (unpaired) electrons. The minimum absolute atomic E-state index is 0.215. The van der Waals surface area contributed by atoms with Crippen LogP contribution in [0, 0.1) is 5.82 Å². The molecule has 0 aliphatic carbocycles. The fraction of sp³-hybridized carbons (Fsp3) is 0. The molecule has 4 aromatic rings. The molecule has 0 aliphatic heterocycles. The van der Waals surface area contributed by atoms with E-state index in [9.17, 15) is 9.18 Å². The molecule has 0 atom stereocenters. The summed E-state index contributed by atoms with van der Waals surface area (Å²) in [6, 6.07) is 18.1. The van der Waals surface area contributed by atoms with Gasteiger partial charge in [-0.05, 0) is 42.5 Å². The van der Waals surface area contributed by atoms with E-state index in [1.165, 1.54) is 12.1 Å². The van der Waals surface area contributed by atoms with Crippen molar-refractivity contribution in [2.24, 2.45) is 0 Å². The number of hydrogen-bond donors (Lipinski definition) is 1. The third-order valence-electron chi connectivity index (χ3n) is 3.77. The van der Waals surface area contributed by atoms with Gasteiger partial charge in [0, 0.05) is 23.0 Å². The Kier molecular flexibility index (Phi) is 4.40. The Morgan fingerprint density at radius 1 is 0.963 bits per heavy atom. The van der Waals surface area contributed by atoms with Crippen LogP contribution in [0.2, 0.25) is 0 Å². The summed E-state index contributed by atoms with van der Waals surface area (Å²) in [4.78, 5) is 20.5. The number of nitrogens with zero attached hydrogens (tertiary/aromatic N) is 3. The van der Waals surface area contributed by atoms with E-state index in [-0.39, 0.29) is 17.6 Å². The predicted octanol–water partition coefficient (Wildman–Crippen LogP) is 4.19. The zero-order valence-corrected chi connectivity index (χ0v) is 14.0. The standard InChI is InChI=1S/C20H13FN4O2/c21-15-7-3-6-14(11-15)20-24-18(25-27-20)13-5-4-8-16(12-13)23-19(26)17-9-1-2-10-22-17/h1-12H,(H,23,26). The molecule has 6 nitrogen and oxygen atoms in total. The molecule has 7 heteroatoms. The van der Waals surface area contributed by atoms with Crippen LogP contribution in [0.25, 0.3) is 22.8 Å². The second-order valence-electron chi connectivity index (χ2n) is 5.68. The van der Waals surface area contributed by atoms with E-state index in [1.54, 1.807) is 60.8 Å². The summed E-state index contributed by atoms with van der Waals surface area (Å²) in [7, 11) is 0. The van der Waals surface area contributed by atoms with Gasteiger partial charge in [-0.25, -0.2) is 4.39 Å². The van der Waals surface area contributed by atoms with Gasteiger partial charge in [-0.2, -0.15) is 4.98 Å². The van der Waals surface area contributed by atoms with Crippen molar-refractivity contribution in [1.29, 1.82) is 0 Å².